The standard InChI is InChI=1S/C44H32Si/c1-45(2)41-23-13-12-19-34(41)38-27-39-40(28-42(38)45)43(30-15-4-3-5-16-30)36-21-10-11-22-37(36)44(39)35-20-9-8-18-33(35)32-25-24-29-14-6-7-17-31(29)26-32/h3-28H,1-2H3. The smallest absolute Gasteiger partial charge is 0.0623 e. The molecule has 1 aliphatic rings. The van der Waals surface area contributed by atoms with Crippen molar-refractivity contribution in [2.24, 2.45) is 0 Å². The topological polar surface area (TPSA) is 0 Å². The molecule has 212 valence electrons. The van der Waals surface area contributed by atoms with Gasteiger partial charge in [0.05, 0.1) is 0 Å². The molecule has 0 saturated heterocycles. The third-order valence-corrected chi connectivity index (χ3v) is 13.6. The van der Waals surface area contributed by atoms with Crippen LogP contribution in [0.4, 0.5) is 0 Å². The molecule has 0 amide bonds. The molecule has 0 saturated carbocycles. The van der Waals surface area contributed by atoms with Crippen molar-refractivity contribution in [2.75, 3.05) is 0 Å². The van der Waals surface area contributed by atoms with Crippen LogP contribution < -0.4 is 10.4 Å². The minimum atomic E-state index is -1.88. The van der Waals surface area contributed by atoms with Crippen molar-refractivity contribution >= 4 is 50.8 Å². The molecule has 0 radical (unpaired) electrons. The van der Waals surface area contributed by atoms with E-state index in [1.54, 1.807) is 5.19 Å². The van der Waals surface area contributed by atoms with Crippen molar-refractivity contribution in [1.82, 2.24) is 0 Å². The molecule has 0 N–H and O–H groups in total. The first-order valence-electron chi connectivity index (χ1n) is 15.9. The normalized spacial score (nSPS) is 13.3. The second-order valence-corrected chi connectivity index (χ2v) is 17.2. The predicted molar refractivity (Wildman–Crippen MR) is 197 cm³/mol. The Labute approximate surface area is 265 Å². The van der Waals surface area contributed by atoms with Crippen LogP contribution in [-0.4, -0.2) is 8.07 Å². The summed E-state index contributed by atoms with van der Waals surface area (Å²) in [6.45, 7) is 5.03. The highest BCUT2D eigenvalue weighted by Gasteiger charge is 2.38. The Morgan fingerprint density at radius 2 is 0.933 bits per heavy atom. The maximum atomic E-state index is 2.58. The molecule has 0 nitrogen and oxygen atoms in total. The molecule has 0 atom stereocenters. The summed E-state index contributed by atoms with van der Waals surface area (Å²) in [7, 11) is -1.88. The van der Waals surface area contributed by atoms with E-state index in [4.69, 9.17) is 0 Å². The van der Waals surface area contributed by atoms with E-state index >= 15 is 0 Å². The summed E-state index contributed by atoms with van der Waals surface area (Å²) >= 11 is 0. The summed E-state index contributed by atoms with van der Waals surface area (Å²) in [5.74, 6) is 0. The Kier molecular flexibility index (Phi) is 5.75. The monoisotopic (exact) mass is 588 g/mol. The molecular weight excluding hydrogens is 557 g/mol. The van der Waals surface area contributed by atoms with Gasteiger partial charge in [0.15, 0.2) is 0 Å². The zero-order valence-electron chi connectivity index (χ0n) is 25.5. The van der Waals surface area contributed by atoms with E-state index in [1.165, 1.54) is 82.0 Å². The lowest BCUT2D eigenvalue weighted by Gasteiger charge is -2.23. The Balaban J connectivity index is 1.45. The second-order valence-electron chi connectivity index (χ2n) is 12.9. The van der Waals surface area contributed by atoms with Crippen LogP contribution in [0.25, 0.3) is 76.8 Å². The van der Waals surface area contributed by atoms with E-state index < -0.39 is 8.07 Å². The number of hydrogen-bond acceptors (Lipinski definition) is 0. The van der Waals surface area contributed by atoms with Crippen LogP contribution in [0.15, 0.2) is 158 Å². The molecule has 8 aromatic rings. The van der Waals surface area contributed by atoms with Gasteiger partial charge >= 0.3 is 0 Å². The fourth-order valence-corrected chi connectivity index (χ4v) is 11.0. The van der Waals surface area contributed by atoms with Crippen molar-refractivity contribution in [2.45, 2.75) is 13.1 Å². The summed E-state index contributed by atoms with van der Waals surface area (Å²) in [5.41, 5.74) is 10.5. The van der Waals surface area contributed by atoms with Crippen molar-refractivity contribution in [3.8, 4) is 44.5 Å². The molecule has 0 bridgehead atoms. The second kappa shape index (κ2) is 9.89. The zero-order chi connectivity index (χ0) is 30.1. The Bertz CT molecular complexity index is 2450. The Morgan fingerprint density at radius 1 is 0.333 bits per heavy atom. The predicted octanol–water partition coefficient (Wildman–Crippen LogP) is 11.0. The van der Waals surface area contributed by atoms with Gasteiger partial charge in [0, 0.05) is 0 Å². The van der Waals surface area contributed by atoms with E-state index in [0.717, 1.165) is 0 Å². The lowest BCUT2D eigenvalue weighted by Crippen LogP contribution is -2.49. The van der Waals surface area contributed by atoms with Crippen LogP contribution in [-0.2, 0) is 0 Å². The lowest BCUT2D eigenvalue weighted by molar-refractivity contribution is 1.62. The van der Waals surface area contributed by atoms with Gasteiger partial charge in [0.1, 0.15) is 8.07 Å². The van der Waals surface area contributed by atoms with Gasteiger partial charge in [0.2, 0.25) is 0 Å². The van der Waals surface area contributed by atoms with E-state index in [2.05, 4.69) is 171 Å². The molecule has 0 spiro atoms. The van der Waals surface area contributed by atoms with Crippen LogP contribution in [0.3, 0.4) is 0 Å². The first-order chi connectivity index (χ1) is 22.1. The van der Waals surface area contributed by atoms with Crippen molar-refractivity contribution in [3.63, 3.8) is 0 Å². The highest BCUT2D eigenvalue weighted by Crippen LogP contribution is 2.47. The van der Waals surface area contributed by atoms with E-state index in [9.17, 15) is 0 Å². The minimum Gasteiger partial charge on any atom is -0.0623 e. The van der Waals surface area contributed by atoms with E-state index in [1.807, 2.05) is 0 Å². The highest BCUT2D eigenvalue weighted by atomic mass is 28.3. The van der Waals surface area contributed by atoms with Crippen LogP contribution in [0.1, 0.15) is 0 Å². The molecule has 45 heavy (non-hydrogen) atoms. The van der Waals surface area contributed by atoms with Gasteiger partial charge in [-0.1, -0.05) is 159 Å². The van der Waals surface area contributed by atoms with E-state index in [-0.39, 0.29) is 0 Å². The lowest BCUT2D eigenvalue weighted by atomic mass is 9.83. The average molecular weight is 589 g/mol. The van der Waals surface area contributed by atoms with Gasteiger partial charge < -0.3 is 0 Å². The van der Waals surface area contributed by atoms with Gasteiger partial charge in [-0.15, -0.1) is 0 Å². The zero-order valence-corrected chi connectivity index (χ0v) is 26.5. The molecule has 9 rings (SSSR count). The largest absolute Gasteiger partial charge is 0.113 e. The van der Waals surface area contributed by atoms with Gasteiger partial charge in [-0.05, 0) is 99.3 Å². The molecule has 0 aliphatic carbocycles. The van der Waals surface area contributed by atoms with Crippen LogP contribution in [0, 0.1) is 0 Å². The number of fused-ring (bicyclic) bond motifs is 6. The van der Waals surface area contributed by atoms with E-state index in [0.29, 0.717) is 0 Å². The van der Waals surface area contributed by atoms with Crippen molar-refractivity contribution in [3.05, 3.63) is 158 Å². The molecule has 0 unspecified atom stereocenters. The summed E-state index contributed by atoms with van der Waals surface area (Å²) in [6.07, 6.45) is 0. The molecule has 0 fully saturated rings. The maximum Gasteiger partial charge on any atom is 0.113 e. The summed E-state index contributed by atoms with van der Waals surface area (Å²) in [5, 5.41) is 10.9. The summed E-state index contributed by atoms with van der Waals surface area (Å²) in [4.78, 5) is 0. The minimum absolute atomic E-state index is 1.24. The SMILES string of the molecule is C[Si]1(C)c2ccccc2-c2cc3c(-c4ccccc4-c4ccc5ccccc5c4)c4ccccc4c(-c4ccccc4)c3cc21. The Hall–Kier alpha value is -5.24. The van der Waals surface area contributed by atoms with Crippen molar-refractivity contribution < 1.29 is 0 Å². The molecule has 1 heterocycles. The number of hydrogen-bond donors (Lipinski definition) is 0. The number of benzene rings is 8. The van der Waals surface area contributed by atoms with Gasteiger partial charge in [-0.2, -0.15) is 0 Å². The van der Waals surface area contributed by atoms with Gasteiger partial charge in [-0.3, -0.25) is 0 Å². The fourth-order valence-electron chi connectivity index (χ4n) is 7.89. The van der Waals surface area contributed by atoms with Gasteiger partial charge in [-0.25, -0.2) is 0 Å². The molecular formula is C44H32Si. The third kappa shape index (κ3) is 3.91. The quantitative estimate of drug-likeness (QED) is 0.142. The van der Waals surface area contributed by atoms with Crippen LogP contribution >= 0.6 is 0 Å². The highest BCUT2D eigenvalue weighted by molar-refractivity contribution is 7.04. The first kappa shape index (κ1) is 26.2. The summed E-state index contributed by atoms with van der Waals surface area (Å²) < 4.78 is 0. The van der Waals surface area contributed by atoms with Crippen LogP contribution in [0.5, 0.6) is 0 Å². The van der Waals surface area contributed by atoms with Gasteiger partial charge in [0.25, 0.3) is 0 Å². The molecule has 8 aromatic carbocycles. The molecule has 1 aliphatic heterocycles. The molecule has 1 heteroatoms. The Morgan fingerprint density at radius 3 is 1.73 bits per heavy atom. The maximum absolute atomic E-state index is 2.58. The first-order valence-corrected chi connectivity index (χ1v) is 18.9. The number of rotatable bonds is 3. The van der Waals surface area contributed by atoms with Crippen molar-refractivity contribution in [1.29, 1.82) is 0 Å². The van der Waals surface area contributed by atoms with Crippen LogP contribution in [0.2, 0.25) is 13.1 Å². The molecule has 0 aromatic heterocycles. The fraction of sp³-hybridized carbons (Fsp3) is 0.0455. The summed E-state index contributed by atoms with van der Waals surface area (Å²) in [6, 6.07) is 58.8. The average Bonchev–Trinajstić information content (AvgIpc) is 3.32. The third-order valence-electron chi connectivity index (χ3n) is 10.0.